The van der Waals surface area contributed by atoms with Crippen molar-refractivity contribution in [3.8, 4) is 0 Å². The third kappa shape index (κ3) is 12.2. The number of thioether (sulfide) groups is 1. The zero-order valence-electron chi connectivity index (χ0n) is 42.3. The first-order valence-electron chi connectivity index (χ1n) is 24.8. The van der Waals surface area contributed by atoms with E-state index in [-0.39, 0.29) is 62.3 Å². The zero-order valence-corrected chi connectivity index (χ0v) is 43.9. The summed E-state index contributed by atoms with van der Waals surface area (Å²) in [6.45, 7) is 9.78. The quantitative estimate of drug-likeness (QED) is 0.115. The number of anilines is 1. The number of alkyl carbamates (subject to hydrolysis) is 1. The number of methoxy groups -OCH3 is 1. The number of hydrogen-bond acceptors (Lipinski definition) is 16. The fourth-order valence-electron chi connectivity index (χ4n) is 10.4. The average Bonchev–Trinajstić information content (AvgIpc) is 3.84. The van der Waals surface area contributed by atoms with Crippen molar-refractivity contribution < 1.29 is 67.2 Å². The molecule has 5 fully saturated rings. The molecule has 1 saturated carbocycles. The molecule has 1 aromatic rings. The highest BCUT2D eigenvalue weighted by molar-refractivity contribution is 8.00. The number of amides is 6. The lowest BCUT2D eigenvalue weighted by molar-refractivity contribution is -0.201. The van der Waals surface area contributed by atoms with Crippen molar-refractivity contribution >= 4 is 76.6 Å². The number of nitrogens with zero attached hydrogens (tertiary/aromatic N) is 4. The van der Waals surface area contributed by atoms with E-state index in [1.165, 1.54) is 28.7 Å². The molecule has 1 aliphatic carbocycles. The Hall–Kier alpha value is -4.86. The van der Waals surface area contributed by atoms with Gasteiger partial charge in [0.25, 0.3) is 11.8 Å². The second kappa shape index (κ2) is 22.7. The third-order valence-electron chi connectivity index (χ3n) is 15.2. The van der Waals surface area contributed by atoms with Crippen molar-refractivity contribution in [1.82, 2.24) is 20.2 Å². The predicted molar refractivity (Wildman–Crippen MR) is 264 cm³/mol. The maximum Gasteiger partial charge on any atom is 0.409 e. The highest BCUT2D eigenvalue weighted by Gasteiger charge is 2.64. The molecule has 7 rings (SSSR count). The van der Waals surface area contributed by atoms with Gasteiger partial charge in [0.1, 0.15) is 30.0 Å². The number of epoxide rings is 1. The topological polar surface area (TPSA) is 231 Å². The molecule has 21 heteroatoms. The standard InChI is InChI=1S/C51H68ClN5O14S/c1-28-11-9-12-38(67-8)51(66)26-36(68-49(65)53-51)30(3)45-50(5,70-45)39(25-42(60)55(7)35-23-33(21-28)22-29(2)44(35)52)69-47(63)31(4)54(6)19-10-20-72-37-24-43(61)56(46(37)62)27-32-13-15-34(16-14-32)48(64)71-57-40(58)17-18-41(57)59/h9,11-12,22-23,30-32,34,36-39,45,66H,10,13-21,24-27H2,1-8H3,(H,53,65)/b12-9+,28-11+/t30-,31+,32?,34?,36+,37?,38-,39+,45+,50+,51+/m1/s1. The summed E-state index contributed by atoms with van der Waals surface area (Å²) in [5, 5.41) is 14.8. The summed E-state index contributed by atoms with van der Waals surface area (Å²) in [7, 11) is 4.84. The number of carbonyl (C=O) groups excluding carboxylic acids is 8. The highest BCUT2D eigenvalue weighted by atomic mass is 35.5. The van der Waals surface area contributed by atoms with E-state index in [2.05, 4.69) is 5.32 Å². The van der Waals surface area contributed by atoms with Crippen LogP contribution in [-0.4, -0.2) is 155 Å². The first kappa shape index (κ1) is 54.9. The number of benzene rings is 1. The van der Waals surface area contributed by atoms with Gasteiger partial charge in [0, 0.05) is 52.3 Å². The van der Waals surface area contributed by atoms with Crippen LogP contribution in [0, 0.1) is 24.7 Å². The molecule has 72 heavy (non-hydrogen) atoms. The average molecular weight is 1040 g/mol. The number of fused-ring (bicyclic) bond motifs is 5. The zero-order chi connectivity index (χ0) is 52.4. The first-order chi connectivity index (χ1) is 34.0. The maximum atomic E-state index is 14.3. The minimum Gasteiger partial charge on any atom is -0.457 e. The second-order valence-electron chi connectivity index (χ2n) is 20.5. The van der Waals surface area contributed by atoms with Crippen molar-refractivity contribution in [2.24, 2.45) is 17.8 Å². The summed E-state index contributed by atoms with van der Waals surface area (Å²) in [5.74, 6) is -3.62. The number of allylic oxidation sites excluding steroid dienone is 3. The Morgan fingerprint density at radius 2 is 1.72 bits per heavy atom. The highest BCUT2D eigenvalue weighted by Crippen LogP contribution is 2.49. The number of hydroxylamine groups is 2. The monoisotopic (exact) mass is 1040 g/mol. The number of hydrogen-bond donors (Lipinski definition) is 2. The van der Waals surface area contributed by atoms with Crippen LogP contribution >= 0.6 is 23.4 Å². The number of carbonyl (C=O) groups is 8. The fourth-order valence-corrected chi connectivity index (χ4v) is 11.8. The van der Waals surface area contributed by atoms with Gasteiger partial charge in [0.2, 0.25) is 17.7 Å². The molecule has 5 aliphatic heterocycles. The third-order valence-corrected chi connectivity index (χ3v) is 17.0. The van der Waals surface area contributed by atoms with Gasteiger partial charge < -0.3 is 33.8 Å². The number of imide groups is 2. The normalized spacial score (nSPS) is 33.0. The minimum absolute atomic E-state index is 0.00982. The van der Waals surface area contributed by atoms with Gasteiger partial charge in [-0.2, -0.15) is 0 Å². The van der Waals surface area contributed by atoms with E-state index < -0.39 is 88.7 Å². The van der Waals surface area contributed by atoms with E-state index in [0.29, 0.717) is 66.6 Å². The lowest BCUT2D eigenvalue weighted by Crippen LogP contribution is -2.63. The molecule has 0 aromatic heterocycles. The fraction of sp³-hybridized carbons (Fsp3) is 0.647. The Balaban J connectivity index is 0.960. The number of aliphatic hydroxyl groups is 1. The summed E-state index contributed by atoms with van der Waals surface area (Å²) in [6.07, 6.45) is 3.88. The molecule has 1 unspecified atom stereocenters. The van der Waals surface area contributed by atoms with Crippen molar-refractivity contribution in [1.29, 1.82) is 0 Å². The van der Waals surface area contributed by atoms with E-state index in [1.807, 2.05) is 43.9 Å². The van der Waals surface area contributed by atoms with Gasteiger partial charge in [0.05, 0.1) is 34.4 Å². The molecule has 0 radical (unpaired) electrons. The molecule has 9 atom stereocenters. The number of likely N-dealkylation sites (N-methyl/N-ethyl adjacent to an activating group) is 1. The number of ether oxygens (including phenoxy) is 4. The van der Waals surface area contributed by atoms with Gasteiger partial charge in [0.15, 0.2) is 5.72 Å². The van der Waals surface area contributed by atoms with Crippen molar-refractivity contribution in [3.63, 3.8) is 0 Å². The van der Waals surface area contributed by atoms with Crippen LogP contribution in [0.25, 0.3) is 0 Å². The van der Waals surface area contributed by atoms with E-state index in [4.69, 9.17) is 35.4 Å². The molecule has 5 heterocycles. The first-order valence-corrected chi connectivity index (χ1v) is 26.2. The Bertz CT molecular complexity index is 2360. The van der Waals surface area contributed by atoms with E-state index in [1.54, 1.807) is 40.1 Å². The van der Waals surface area contributed by atoms with Crippen LogP contribution in [0.2, 0.25) is 5.02 Å². The van der Waals surface area contributed by atoms with E-state index in [0.717, 1.165) is 16.7 Å². The van der Waals surface area contributed by atoms with Crippen LogP contribution in [0.15, 0.2) is 35.9 Å². The lowest BCUT2D eigenvalue weighted by atomic mass is 9.82. The van der Waals surface area contributed by atoms with Crippen LogP contribution in [-0.2, 0) is 63.8 Å². The molecular formula is C51H68ClN5O14S. The van der Waals surface area contributed by atoms with Crippen LogP contribution < -0.4 is 10.2 Å². The van der Waals surface area contributed by atoms with Crippen molar-refractivity contribution in [2.45, 2.75) is 152 Å². The Morgan fingerprint density at radius 1 is 1.03 bits per heavy atom. The van der Waals surface area contributed by atoms with Crippen molar-refractivity contribution in [2.75, 3.05) is 44.9 Å². The minimum atomic E-state index is -1.84. The Morgan fingerprint density at radius 3 is 2.40 bits per heavy atom. The van der Waals surface area contributed by atoms with Gasteiger partial charge in [-0.15, -0.1) is 16.8 Å². The van der Waals surface area contributed by atoms with Gasteiger partial charge in [-0.1, -0.05) is 48.4 Å². The largest absolute Gasteiger partial charge is 0.457 e. The number of rotatable bonds is 13. The SMILES string of the molecule is CO[C@@H]1/C=C/C=C(\C)Cc2cc(C)c(Cl)c(c2)N(C)C(=O)C[C@H](OC(=O)[C@H](C)N(C)CCCSC2CC(=O)N(CC3CCC(C(=O)ON4C(=O)CCC4=O)CC3)C2=O)[C@]2(C)O[C@H]2[C@H](C)[C@@H]2C[C@@]1(O)NC(=O)O2. The van der Waals surface area contributed by atoms with Gasteiger partial charge >= 0.3 is 18.0 Å². The van der Waals surface area contributed by atoms with E-state index in [9.17, 15) is 43.5 Å². The summed E-state index contributed by atoms with van der Waals surface area (Å²) in [6, 6.07) is 3.04. The number of aryl methyl sites for hydroxylation is 1. The molecule has 6 aliphatic rings. The van der Waals surface area contributed by atoms with Crippen molar-refractivity contribution in [3.05, 3.63) is 52.1 Å². The van der Waals surface area contributed by atoms with Crippen LogP contribution in [0.3, 0.4) is 0 Å². The summed E-state index contributed by atoms with van der Waals surface area (Å²) >= 11 is 8.23. The summed E-state index contributed by atoms with van der Waals surface area (Å²) < 4.78 is 24.0. The molecule has 394 valence electrons. The summed E-state index contributed by atoms with van der Waals surface area (Å²) in [5.41, 5.74) is 0.0810. The van der Waals surface area contributed by atoms with Crippen LogP contribution in [0.4, 0.5) is 10.5 Å². The van der Waals surface area contributed by atoms with E-state index >= 15 is 0 Å². The number of nitrogens with one attached hydrogen (secondary N) is 1. The van der Waals surface area contributed by atoms with Crippen LogP contribution in [0.5, 0.6) is 0 Å². The molecule has 6 amide bonds. The van der Waals surface area contributed by atoms with Gasteiger partial charge in [-0.05, 0) is 109 Å². The molecule has 2 N–H and O–H groups in total. The number of likely N-dealkylation sites (tertiary alicyclic amines) is 1. The molecular weight excluding hydrogens is 974 g/mol. The van der Waals surface area contributed by atoms with Crippen LogP contribution in [0.1, 0.15) is 103 Å². The lowest BCUT2D eigenvalue weighted by Gasteiger charge is -2.42. The van der Waals surface area contributed by atoms with Gasteiger partial charge in [-0.25, -0.2) is 9.59 Å². The second-order valence-corrected chi connectivity index (χ2v) is 22.2. The Labute approximate surface area is 429 Å². The van der Waals surface area contributed by atoms with Gasteiger partial charge in [-0.3, -0.25) is 43.9 Å². The molecule has 0 spiro atoms. The molecule has 1 aromatic carbocycles. The predicted octanol–water partition coefficient (Wildman–Crippen LogP) is 4.95. The molecule has 19 nitrogen and oxygen atoms in total. The summed E-state index contributed by atoms with van der Waals surface area (Å²) in [4.78, 5) is 114. The number of esters is 1. The molecule has 4 bridgehead atoms. The number of halogens is 1. The Kier molecular flexibility index (Phi) is 17.3. The molecule has 4 saturated heterocycles. The smallest absolute Gasteiger partial charge is 0.409 e. The maximum absolute atomic E-state index is 14.3.